The van der Waals surface area contributed by atoms with Gasteiger partial charge in [-0.25, -0.2) is 9.18 Å². The number of halogens is 1. The van der Waals surface area contributed by atoms with Gasteiger partial charge in [0.15, 0.2) is 0 Å². The fourth-order valence-electron chi connectivity index (χ4n) is 4.65. The number of rotatable bonds is 7. The van der Waals surface area contributed by atoms with E-state index >= 15 is 0 Å². The first-order valence-electron chi connectivity index (χ1n) is 10.5. The normalized spacial score (nSPS) is 24.2. The predicted octanol–water partition coefficient (Wildman–Crippen LogP) is 3.44. The Hall–Kier alpha value is -1.95. The minimum absolute atomic E-state index is 0.0532. The first-order chi connectivity index (χ1) is 13.4. The van der Waals surface area contributed by atoms with Gasteiger partial charge in [0.1, 0.15) is 11.4 Å². The summed E-state index contributed by atoms with van der Waals surface area (Å²) >= 11 is 0. The number of hydrogen-bond acceptors (Lipinski definition) is 3. The molecule has 1 aromatic rings. The van der Waals surface area contributed by atoms with Gasteiger partial charge in [-0.2, -0.15) is 0 Å². The van der Waals surface area contributed by atoms with Crippen LogP contribution in [0.1, 0.15) is 45.6 Å². The summed E-state index contributed by atoms with van der Waals surface area (Å²) in [5, 5.41) is 3.05. The van der Waals surface area contributed by atoms with Crippen LogP contribution in [0.4, 0.5) is 9.18 Å². The molecular formula is C22H32FN3O2. The summed E-state index contributed by atoms with van der Waals surface area (Å²) < 4.78 is 13.8. The molecule has 2 aliphatic heterocycles. The summed E-state index contributed by atoms with van der Waals surface area (Å²) in [7, 11) is 0. The van der Waals surface area contributed by atoms with Gasteiger partial charge in [0.25, 0.3) is 5.91 Å². The van der Waals surface area contributed by atoms with Gasteiger partial charge in [-0.15, -0.1) is 0 Å². The van der Waals surface area contributed by atoms with Gasteiger partial charge in [0.2, 0.25) is 0 Å². The van der Waals surface area contributed by atoms with Crippen LogP contribution in [-0.4, -0.2) is 53.5 Å². The molecule has 3 rings (SSSR count). The maximum Gasteiger partial charge on any atom is 0.325 e. The number of piperidine rings is 1. The number of likely N-dealkylation sites (tertiary alicyclic amines) is 1. The Labute approximate surface area is 167 Å². The van der Waals surface area contributed by atoms with Crippen molar-refractivity contribution in [2.24, 2.45) is 11.8 Å². The van der Waals surface area contributed by atoms with Crippen molar-refractivity contribution >= 4 is 11.9 Å². The molecule has 2 aliphatic rings. The predicted molar refractivity (Wildman–Crippen MR) is 107 cm³/mol. The first kappa shape index (κ1) is 20.8. The highest BCUT2D eigenvalue weighted by atomic mass is 19.1. The maximum atomic E-state index is 13.8. The van der Waals surface area contributed by atoms with Crippen molar-refractivity contribution in [1.82, 2.24) is 15.1 Å². The lowest BCUT2D eigenvalue weighted by atomic mass is 9.74. The van der Waals surface area contributed by atoms with Gasteiger partial charge in [0, 0.05) is 13.0 Å². The highest BCUT2D eigenvalue weighted by molar-refractivity contribution is 6.07. The zero-order valence-corrected chi connectivity index (χ0v) is 17.2. The van der Waals surface area contributed by atoms with E-state index in [0.29, 0.717) is 13.0 Å². The van der Waals surface area contributed by atoms with Crippen LogP contribution in [0.25, 0.3) is 0 Å². The summed E-state index contributed by atoms with van der Waals surface area (Å²) in [4.78, 5) is 30.0. The van der Waals surface area contributed by atoms with E-state index in [4.69, 9.17) is 0 Å². The second kappa shape index (κ2) is 8.60. The Morgan fingerprint density at radius 2 is 1.96 bits per heavy atom. The van der Waals surface area contributed by atoms with Gasteiger partial charge in [-0.05, 0) is 68.4 Å². The summed E-state index contributed by atoms with van der Waals surface area (Å²) in [6, 6.07) is 6.06. The molecule has 3 amide bonds. The van der Waals surface area contributed by atoms with Crippen molar-refractivity contribution in [3.8, 4) is 0 Å². The van der Waals surface area contributed by atoms with E-state index in [1.807, 2.05) is 19.9 Å². The van der Waals surface area contributed by atoms with Crippen molar-refractivity contribution in [1.29, 1.82) is 0 Å². The van der Waals surface area contributed by atoms with E-state index in [1.54, 1.807) is 6.07 Å². The molecule has 0 aliphatic carbocycles. The number of hydrogen-bond donors (Lipinski definition) is 1. The largest absolute Gasteiger partial charge is 0.325 e. The van der Waals surface area contributed by atoms with Crippen LogP contribution < -0.4 is 5.32 Å². The summed E-state index contributed by atoms with van der Waals surface area (Å²) in [5.41, 5.74) is -0.228. The Balaban J connectivity index is 1.89. The van der Waals surface area contributed by atoms with Crippen molar-refractivity contribution in [2.75, 3.05) is 26.2 Å². The number of nitrogens with zero attached hydrogens (tertiary/aromatic N) is 2. The smallest absolute Gasteiger partial charge is 0.322 e. The van der Waals surface area contributed by atoms with E-state index in [0.717, 1.165) is 44.5 Å². The van der Waals surface area contributed by atoms with Crippen molar-refractivity contribution in [3.05, 3.63) is 35.6 Å². The molecule has 0 aromatic heterocycles. The molecular weight excluding hydrogens is 357 g/mol. The van der Waals surface area contributed by atoms with E-state index in [-0.39, 0.29) is 29.6 Å². The highest BCUT2D eigenvalue weighted by Gasteiger charge is 2.55. The number of nitrogens with one attached hydrogen (secondary N) is 1. The SMILES string of the molecule is CCCN1CCC([C@]2(Cc3cccc(F)c3)NC(=O)N(CC(C)C)C2=O)CC1. The van der Waals surface area contributed by atoms with E-state index < -0.39 is 5.54 Å². The van der Waals surface area contributed by atoms with Crippen molar-refractivity contribution in [3.63, 3.8) is 0 Å². The third-order valence-corrected chi connectivity index (χ3v) is 5.95. The fraction of sp³-hybridized carbons (Fsp3) is 0.636. The molecule has 0 unspecified atom stereocenters. The third-order valence-electron chi connectivity index (χ3n) is 5.95. The lowest BCUT2D eigenvalue weighted by Crippen LogP contribution is -2.57. The van der Waals surface area contributed by atoms with Crippen LogP contribution in [0.15, 0.2) is 24.3 Å². The molecule has 2 fully saturated rings. The molecule has 1 N–H and O–H groups in total. The first-order valence-corrected chi connectivity index (χ1v) is 10.5. The molecule has 2 heterocycles. The number of imide groups is 1. The molecule has 1 aromatic carbocycles. The summed E-state index contributed by atoms with van der Waals surface area (Å²) in [6.07, 6.45) is 3.16. The number of urea groups is 1. The van der Waals surface area contributed by atoms with E-state index in [1.165, 1.54) is 17.0 Å². The molecule has 2 saturated heterocycles. The van der Waals surface area contributed by atoms with Crippen LogP contribution in [0.3, 0.4) is 0 Å². The second-order valence-corrected chi connectivity index (χ2v) is 8.63. The van der Waals surface area contributed by atoms with Crippen LogP contribution in [0, 0.1) is 17.7 Å². The van der Waals surface area contributed by atoms with Crippen molar-refractivity contribution in [2.45, 2.75) is 52.0 Å². The Morgan fingerprint density at radius 3 is 2.57 bits per heavy atom. The highest BCUT2D eigenvalue weighted by Crippen LogP contribution is 2.37. The molecule has 0 saturated carbocycles. The molecule has 154 valence electrons. The van der Waals surface area contributed by atoms with Crippen LogP contribution in [0.2, 0.25) is 0 Å². The second-order valence-electron chi connectivity index (χ2n) is 8.63. The molecule has 0 bridgehead atoms. The molecule has 0 spiro atoms. The van der Waals surface area contributed by atoms with Gasteiger partial charge in [0.05, 0.1) is 0 Å². The Bertz CT molecular complexity index is 715. The Morgan fingerprint density at radius 1 is 1.25 bits per heavy atom. The van der Waals surface area contributed by atoms with Gasteiger partial charge in [-0.3, -0.25) is 9.69 Å². The summed E-state index contributed by atoms with van der Waals surface area (Å²) in [5.74, 6) is -0.214. The maximum absolute atomic E-state index is 13.8. The van der Waals surface area contributed by atoms with Crippen molar-refractivity contribution < 1.29 is 14.0 Å². The average Bonchev–Trinajstić information content (AvgIpc) is 2.87. The van der Waals surface area contributed by atoms with Gasteiger partial charge in [-0.1, -0.05) is 32.9 Å². The zero-order valence-electron chi connectivity index (χ0n) is 17.2. The monoisotopic (exact) mass is 389 g/mol. The van der Waals surface area contributed by atoms with Crippen LogP contribution in [-0.2, 0) is 11.2 Å². The topological polar surface area (TPSA) is 52.7 Å². The minimum Gasteiger partial charge on any atom is -0.322 e. The quantitative estimate of drug-likeness (QED) is 0.727. The van der Waals surface area contributed by atoms with E-state index in [2.05, 4.69) is 17.1 Å². The average molecular weight is 390 g/mol. The van der Waals surface area contributed by atoms with E-state index in [9.17, 15) is 14.0 Å². The number of benzene rings is 1. The number of amides is 3. The number of carbonyl (C=O) groups excluding carboxylic acids is 2. The zero-order chi connectivity index (χ0) is 20.3. The van der Waals surface area contributed by atoms with Crippen LogP contribution >= 0.6 is 0 Å². The van der Waals surface area contributed by atoms with Gasteiger partial charge < -0.3 is 10.2 Å². The standard InChI is InChI=1S/C22H32FN3O2/c1-4-10-25-11-8-18(9-12-25)22(14-17-6-5-7-19(23)13-17)20(27)26(15-16(2)3)21(28)24-22/h5-7,13,16,18H,4,8-12,14-15H2,1-3H3,(H,24,28)/t22-/m0/s1. The lowest BCUT2D eigenvalue weighted by molar-refractivity contribution is -0.134. The lowest BCUT2D eigenvalue weighted by Gasteiger charge is -2.41. The minimum atomic E-state index is -0.974. The number of carbonyl (C=O) groups is 2. The molecule has 5 nitrogen and oxygen atoms in total. The fourth-order valence-corrected chi connectivity index (χ4v) is 4.65. The third kappa shape index (κ3) is 4.22. The molecule has 1 atom stereocenters. The molecule has 0 radical (unpaired) electrons. The van der Waals surface area contributed by atoms with Gasteiger partial charge >= 0.3 is 6.03 Å². The molecule has 6 heteroatoms. The molecule has 28 heavy (non-hydrogen) atoms. The van der Waals surface area contributed by atoms with Crippen LogP contribution in [0.5, 0.6) is 0 Å². The Kier molecular flexibility index (Phi) is 6.38. The summed E-state index contributed by atoms with van der Waals surface area (Å²) in [6.45, 7) is 9.48.